The normalized spacial score (nSPS) is 28.4. The summed E-state index contributed by atoms with van der Waals surface area (Å²) >= 11 is 1.41. The average molecular weight is 526 g/mol. The highest BCUT2D eigenvalue weighted by Crippen LogP contribution is 2.62. The first-order valence-electron chi connectivity index (χ1n) is 12.6. The molecule has 1 aromatic carbocycles. The number of terminal acetylenes is 1. The number of thiazole rings is 1. The lowest BCUT2D eigenvalue weighted by molar-refractivity contribution is -0.144. The van der Waals surface area contributed by atoms with Crippen LogP contribution in [-0.4, -0.2) is 53.4 Å². The molecule has 1 fully saturated rings. The number of rotatable bonds is 8. The molecule has 9 heteroatoms. The summed E-state index contributed by atoms with van der Waals surface area (Å²) in [5.74, 6) is 2.52. The van der Waals surface area contributed by atoms with Crippen molar-refractivity contribution in [1.82, 2.24) is 10.3 Å². The lowest BCUT2D eigenvalue weighted by Gasteiger charge is -2.58. The van der Waals surface area contributed by atoms with Gasteiger partial charge in [-0.05, 0) is 48.3 Å². The van der Waals surface area contributed by atoms with Gasteiger partial charge in [-0.15, -0.1) is 17.8 Å². The molecule has 2 aliphatic rings. The zero-order valence-electron chi connectivity index (χ0n) is 21.5. The molecule has 0 aliphatic heterocycles. The fourth-order valence-corrected chi connectivity index (χ4v) is 7.28. The first-order valence-corrected chi connectivity index (χ1v) is 13.4. The minimum atomic E-state index is -0.708. The van der Waals surface area contributed by atoms with Crippen molar-refractivity contribution in [2.45, 2.75) is 58.0 Å². The van der Waals surface area contributed by atoms with Crippen LogP contribution >= 0.6 is 11.3 Å². The highest BCUT2D eigenvalue weighted by molar-refractivity contribution is 7.15. The molecule has 5 atom stereocenters. The Balaban J connectivity index is 1.62. The van der Waals surface area contributed by atoms with Crippen LogP contribution < -0.4 is 15.4 Å². The summed E-state index contributed by atoms with van der Waals surface area (Å²) in [6, 6.07) is 7.33. The van der Waals surface area contributed by atoms with Crippen LogP contribution in [0.2, 0.25) is 0 Å². The number of carbonyl (C=O) groups is 2. The van der Waals surface area contributed by atoms with Crippen molar-refractivity contribution in [3.05, 3.63) is 40.4 Å². The number of hydrogen-bond donors (Lipinski definition) is 4. The third-order valence-corrected chi connectivity index (χ3v) is 9.45. The molecule has 0 saturated heterocycles. The van der Waals surface area contributed by atoms with Crippen LogP contribution in [0.3, 0.4) is 0 Å². The van der Waals surface area contributed by atoms with E-state index in [4.69, 9.17) is 16.1 Å². The molecule has 5 unspecified atom stereocenters. The van der Waals surface area contributed by atoms with E-state index in [-0.39, 0.29) is 55.1 Å². The zero-order chi connectivity index (χ0) is 26.8. The van der Waals surface area contributed by atoms with Crippen molar-refractivity contribution < 1.29 is 24.5 Å². The van der Waals surface area contributed by atoms with Gasteiger partial charge in [0.05, 0.1) is 38.5 Å². The number of amides is 2. The molecule has 0 bridgehead atoms. The molecular formula is C28H35N3O5S. The molecule has 8 nitrogen and oxygen atoms in total. The third-order valence-electron chi connectivity index (χ3n) is 8.44. The predicted octanol–water partition coefficient (Wildman–Crippen LogP) is 2.89. The molecule has 2 aliphatic carbocycles. The summed E-state index contributed by atoms with van der Waals surface area (Å²) in [6.45, 7) is 4.07. The number of methoxy groups -OCH3 is 1. The molecule has 2 amide bonds. The topological polar surface area (TPSA) is 121 Å². The maximum atomic E-state index is 12.8. The van der Waals surface area contributed by atoms with Gasteiger partial charge < -0.3 is 25.6 Å². The highest BCUT2D eigenvalue weighted by atomic mass is 32.1. The number of anilines is 1. The van der Waals surface area contributed by atoms with Crippen LogP contribution in [0.1, 0.15) is 55.2 Å². The molecule has 4 N–H and O–H groups in total. The number of aliphatic hydroxyl groups excluding tert-OH is 2. The number of carbonyl (C=O) groups excluding carboxylic acids is 2. The number of aromatic nitrogens is 1. The summed E-state index contributed by atoms with van der Waals surface area (Å²) in [5.41, 5.74) is 0.597. The molecule has 1 aromatic heterocycles. The minimum absolute atomic E-state index is 0.0602. The summed E-state index contributed by atoms with van der Waals surface area (Å²) < 4.78 is 5.17. The van der Waals surface area contributed by atoms with Gasteiger partial charge >= 0.3 is 0 Å². The summed E-state index contributed by atoms with van der Waals surface area (Å²) in [5, 5.41) is 27.4. The molecule has 4 rings (SSSR count). The Kier molecular flexibility index (Phi) is 7.93. The van der Waals surface area contributed by atoms with Crippen molar-refractivity contribution in [3.8, 4) is 18.1 Å². The molecule has 0 spiro atoms. The van der Waals surface area contributed by atoms with Gasteiger partial charge in [-0.1, -0.05) is 31.9 Å². The van der Waals surface area contributed by atoms with Crippen molar-refractivity contribution in [2.24, 2.45) is 16.7 Å². The largest absolute Gasteiger partial charge is 0.497 e. The summed E-state index contributed by atoms with van der Waals surface area (Å²) in [7, 11) is 1.60. The van der Waals surface area contributed by atoms with E-state index in [1.807, 2.05) is 31.2 Å². The van der Waals surface area contributed by atoms with E-state index in [0.717, 1.165) is 21.9 Å². The molecule has 1 saturated carbocycles. The quantitative estimate of drug-likeness (QED) is 0.394. The van der Waals surface area contributed by atoms with E-state index in [1.165, 1.54) is 11.3 Å². The van der Waals surface area contributed by atoms with Crippen molar-refractivity contribution in [2.75, 3.05) is 25.6 Å². The smallest absolute Gasteiger partial charge is 0.230 e. The average Bonchev–Trinajstić information content (AvgIpc) is 3.28. The lowest BCUT2D eigenvalue weighted by atomic mass is 9.47. The summed E-state index contributed by atoms with van der Waals surface area (Å²) in [4.78, 5) is 31.4. The Morgan fingerprint density at radius 3 is 2.65 bits per heavy atom. The Labute approximate surface area is 221 Å². The molecule has 1 heterocycles. The number of ether oxygens (including phenoxy) is 1. The van der Waals surface area contributed by atoms with E-state index in [1.54, 1.807) is 7.11 Å². The van der Waals surface area contributed by atoms with Gasteiger partial charge in [0.2, 0.25) is 11.8 Å². The van der Waals surface area contributed by atoms with Crippen LogP contribution in [0.25, 0.3) is 0 Å². The van der Waals surface area contributed by atoms with E-state index in [0.29, 0.717) is 24.4 Å². The van der Waals surface area contributed by atoms with Gasteiger partial charge in [-0.2, -0.15) is 0 Å². The standard InChI is InChI=1S/C28H35N3O5S/c1-5-12-29-23(34)14-19-25-20(15-21-27(19,2)11-10-22(33)28(21,3)16-32)37-26(31-25)30-24(35)13-17-6-8-18(36-4)9-7-17/h1,6-9,19,21-22,32-33H,10-16H2,2-4H3,(H,29,34)(H,30,31,35). The molecular weight excluding hydrogens is 490 g/mol. The lowest BCUT2D eigenvalue weighted by Crippen LogP contribution is -2.57. The fourth-order valence-electron chi connectivity index (χ4n) is 6.20. The number of fused-ring (bicyclic) bond motifs is 2. The van der Waals surface area contributed by atoms with Crippen molar-refractivity contribution >= 4 is 28.3 Å². The second kappa shape index (κ2) is 10.8. The first kappa shape index (κ1) is 27.1. The van der Waals surface area contributed by atoms with Crippen molar-refractivity contribution in [1.29, 1.82) is 0 Å². The summed E-state index contributed by atoms with van der Waals surface area (Å²) in [6.07, 6.45) is 6.95. The Morgan fingerprint density at radius 1 is 1.27 bits per heavy atom. The van der Waals surface area contributed by atoms with Crippen LogP contribution in [0.5, 0.6) is 5.75 Å². The second-order valence-corrected chi connectivity index (χ2v) is 11.7. The van der Waals surface area contributed by atoms with Crippen LogP contribution in [0.4, 0.5) is 5.13 Å². The Morgan fingerprint density at radius 2 is 2.00 bits per heavy atom. The Bertz CT molecular complexity index is 1190. The molecule has 2 aromatic rings. The maximum absolute atomic E-state index is 12.8. The molecule has 198 valence electrons. The predicted molar refractivity (Wildman–Crippen MR) is 142 cm³/mol. The SMILES string of the molecule is C#CCNC(=O)CC1c2nc(NC(=O)Cc3ccc(OC)cc3)sc2CC2C(C)(CO)C(O)CCC12C. The van der Waals surface area contributed by atoms with Crippen LogP contribution in [0, 0.1) is 29.1 Å². The fraction of sp³-hybridized carbons (Fsp3) is 0.536. The van der Waals surface area contributed by atoms with Crippen LogP contribution in [-0.2, 0) is 22.4 Å². The van der Waals surface area contributed by atoms with Gasteiger partial charge in [-0.25, -0.2) is 4.98 Å². The van der Waals surface area contributed by atoms with Gasteiger partial charge in [-0.3, -0.25) is 9.59 Å². The highest BCUT2D eigenvalue weighted by Gasteiger charge is 2.59. The van der Waals surface area contributed by atoms with Gasteiger partial charge in [0, 0.05) is 22.6 Å². The molecule has 37 heavy (non-hydrogen) atoms. The molecule has 0 radical (unpaired) electrons. The van der Waals surface area contributed by atoms with Crippen molar-refractivity contribution in [3.63, 3.8) is 0 Å². The zero-order valence-corrected chi connectivity index (χ0v) is 22.4. The number of benzene rings is 1. The van der Waals surface area contributed by atoms with E-state index < -0.39 is 11.5 Å². The van der Waals surface area contributed by atoms with E-state index in [9.17, 15) is 19.8 Å². The van der Waals surface area contributed by atoms with E-state index >= 15 is 0 Å². The second-order valence-electron chi connectivity index (χ2n) is 10.6. The van der Waals surface area contributed by atoms with Gasteiger partial charge in [0.1, 0.15) is 5.75 Å². The number of hydrogen-bond acceptors (Lipinski definition) is 7. The minimum Gasteiger partial charge on any atom is -0.497 e. The van der Waals surface area contributed by atoms with Gasteiger partial charge in [0.15, 0.2) is 5.13 Å². The first-order chi connectivity index (χ1) is 17.6. The third kappa shape index (κ3) is 5.24. The van der Waals surface area contributed by atoms with E-state index in [2.05, 4.69) is 23.5 Å². The Hall–Kier alpha value is -2.93. The number of aliphatic hydroxyl groups is 2. The van der Waals surface area contributed by atoms with Crippen LogP contribution in [0.15, 0.2) is 24.3 Å². The maximum Gasteiger partial charge on any atom is 0.230 e. The number of nitrogens with one attached hydrogen (secondary N) is 2. The number of nitrogens with zero attached hydrogens (tertiary/aromatic N) is 1. The van der Waals surface area contributed by atoms with Gasteiger partial charge in [0.25, 0.3) is 0 Å². The monoisotopic (exact) mass is 525 g/mol.